The van der Waals surface area contributed by atoms with Gasteiger partial charge in [0.2, 0.25) is 5.91 Å². The minimum atomic E-state index is -4.44. The van der Waals surface area contributed by atoms with Gasteiger partial charge in [-0.05, 0) is 74.7 Å². The van der Waals surface area contributed by atoms with Crippen LogP contribution < -0.4 is 5.32 Å². The lowest BCUT2D eigenvalue weighted by atomic mass is 9.90. The molecule has 0 spiro atoms. The van der Waals surface area contributed by atoms with E-state index in [1.54, 1.807) is 17.0 Å². The van der Waals surface area contributed by atoms with E-state index in [1.807, 2.05) is 6.07 Å². The monoisotopic (exact) mass is 492 g/mol. The number of hydrogen-bond acceptors (Lipinski definition) is 3. The zero-order valence-electron chi connectivity index (χ0n) is 18.9. The zero-order chi connectivity index (χ0) is 24.8. The first-order valence-corrected chi connectivity index (χ1v) is 11.6. The van der Waals surface area contributed by atoms with E-state index in [1.165, 1.54) is 12.8 Å². The number of amides is 1. The Morgan fingerprint density at radius 3 is 2.21 bits per heavy atom. The SMILES string of the molecule is CCC1CCN([C@@H](C(=O)Nc2cc(CC3CC3)ccc2Cl)[C@@H](C)C(F)(F)F)CC1.O=C(O)O. The Labute approximate surface area is 197 Å². The van der Waals surface area contributed by atoms with Crippen LogP contribution in [0.1, 0.15) is 51.5 Å². The van der Waals surface area contributed by atoms with Crippen LogP contribution >= 0.6 is 11.6 Å². The molecular formula is C23H32ClF3N2O4. The smallest absolute Gasteiger partial charge is 0.450 e. The number of carbonyl (C=O) groups excluding carboxylic acids is 1. The van der Waals surface area contributed by atoms with Crippen molar-refractivity contribution in [2.45, 2.75) is 64.6 Å². The fraction of sp³-hybridized carbons (Fsp3) is 0.652. The lowest BCUT2D eigenvalue weighted by Crippen LogP contribution is -2.54. The first-order chi connectivity index (χ1) is 15.4. The van der Waals surface area contributed by atoms with E-state index >= 15 is 0 Å². The van der Waals surface area contributed by atoms with Gasteiger partial charge in [0.1, 0.15) is 6.04 Å². The minimum Gasteiger partial charge on any atom is -0.450 e. The summed E-state index contributed by atoms with van der Waals surface area (Å²) in [6.45, 7) is 4.21. The number of carboxylic acid groups (broad SMARTS) is 2. The molecule has 0 radical (unpaired) electrons. The predicted molar refractivity (Wildman–Crippen MR) is 121 cm³/mol. The molecule has 0 unspecified atom stereocenters. The molecule has 1 saturated heterocycles. The van der Waals surface area contributed by atoms with E-state index in [0.29, 0.717) is 35.6 Å². The molecule has 3 N–H and O–H groups in total. The third-order valence-electron chi connectivity index (χ3n) is 6.39. The van der Waals surface area contributed by atoms with E-state index in [4.69, 9.17) is 26.6 Å². The number of nitrogens with one attached hydrogen (secondary N) is 1. The van der Waals surface area contributed by atoms with Crippen molar-refractivity contribution < 1.29 is 33.0 Å². The largest absolute Gasteiger partial charge is 0.503 e. The van der Waals surface area contributed by atoms with E-state index in [0.717, 1.165) is 38.2 Å². The zero-order valence-corrected chi connectivity index (χ0v) is 19.6. The molecule has 186 valence electrons. The van der Waals surface area contributed by atoms with Crippen LogP contribution in [0.2, 0.25) is 5.02 Å². The lowest BCUT2D eigenvalue weighted by molar-refractivity contribution is -0.189. The summed E-state index contributed by atoms with van der Waals surface area (Å²) in [5.74, 6) is -1.20. The average molecular weight is 493 g/mol. The first kappa shape index (κ1) is 27.2. The summed E-state index contributed by atoms with van der Waals surface area (Å²) < 4.78 is 40.7. The molecule has 3 rings (SSSR count). The van der Waals surface area contributed by atoms with Gasteiger partial charge in [0.15, 0.2) is 0 Å². The summed E-state index contributed by atoms with van der Waals surface area (Å²) in [5, 5.41) is 17.0. The maximum atomic E-state index is 13.6. The number of anilines is 1. The molecule has 1 amide bonds. The van der Waals surface area contributed by atoms with Crippen molar-refractivity contribution in [3.05, 3.63) is 28.8 Å². The molecule has 2 fully saturated rings. The van der Waals surface area contributed by atoms with Crippen LogP contribution in [0.25, 0.3) is 0 Å². The number of hydrogen-bond donors (Lipinski definition) is 3. The molecule has 10 heteroatoms. The van der Waals surface area contributed by atoms with Crippen molar-refractivity contribution in [3.63, 3.8) is 0 Å². The Hall–Kier alpha value is -2.00. The van der Waals surface area contributed by atoms with Crippen LogP contribution in [0.5, 0.6) is 0 Å². The molecule has 1 aromatic rings. The summed E-state index contributed by atoms with van der Waals surface area (Å²) >= 11 is 6.24. The van der Waals surface area contributed by atoms with Gasteiger partial charge >= 0.3 is 12.3 Å². The summed E-state index contributed by atoms with van der Waals surface area (Å²) in [5.41, 5.74) is 1.45. The third kappa shape index (κ3) is 8.70. The number of rotatable bonds is 7. The summed E-state index contributed by atoms with van der Waals surface area (Å²) in [6.07, 6.45) is -0.311. The average Bonchev–Trinajstić information content (AvgIpc) is 3.54. The molecule has 0 aromatic heterocycles. The quantitative estimate of drug-likeness (QED) is 0.425. The van der Waals surface area contributed by atoms with Gasteiger partial charge < -0.3 is 15.5 Å². The molecule has 2 aliphatic rings. The summed E-state index contributed by atoms with van der Waals surface area (Å²) in [6, 6.07) is 4.18. The van der Waals surface area contributed by atoms with Gasteiger partial charge in [-0.2, -0.15) is 13.2 Å². The number of alkyl halides is 3. The maximum Gasteiger partial charge on any atom is 0.503 e. The topological polar surface area (TPSA) is 89.9 Å². The van der Waals surface area contributed by atoms with Crippen molar-refractivity contribution in [1.29, 1.82) is 0 Å². The molecule has 1 aromatic carbocycles. The number of benzene rings is 1. The summed E-state index contributed by atoms with van der Waals surface area (Å²) in [7, 11) is 0. The first-order valence-electron chi connectivity index (χ1n) is 11.2. The lowest BCUT2D eigenvalue weighted by Gasteiger charge is -2.39. The Morgan fingerprint density at radius 1 is 1.15 bits per heavy atom. The van der Waals surface area contributed by atoms with E-state index in [9.17, 15) is 18.0 Å². The van der Waals surface area contributed by atoms with Gasteiger partial charge in [0.25, 0.3) is 0 Å². The molecule has 6 nitrogen and oxygen atoms in total. The Bertz CT molecular complexity index is 805. The second-order valence-corrected chi connectivity index (χ2v) is 9.30. The van der Waals surface area contributed by atoms with E-state index in [2.05, 4.69) is 12.2 Å². The highest BCUT2D eigenvalue weighted by Gasteiger charge is 2.47. The molecule has 1 heterocycles. The Kier molecular flexibility index (Phi) is 9.84. The molecule has 33 heavy (non-hydrogen) atoms. The van der Waals surface area contributed by atoms with Gasteiger partial charge in [-0.25, -0.2) is 4.79 Å². The van der Waals surface area contributed by atoms with Crippen LogP contribution in [0, 0.1) is 17.8 Å². The predicted octanol–water partition coefficient (Wildman–Crippen LogP) is 6.14. The Morgan fingerprint density at radius 2 is 1.73 bits per heavy atom. The molecule has 1 saturated carbocycles. The van der Waals surface area contributed by atoms with Crippen molar-refractivity contribution in [1.82, 2.24) is 4.90 Å². The van der Waals surface area contributed by atoms with Crippen LogP contribution in [0.15, 0.2) is 18.2 Å². The number of carbonyl (C=O) groups is 2. The fourth-order valence-electron chi connectivity index (χ4n) is 4.18. The van der Waals surface area contributed by atoms with Gasteiger partial charge in [-0.1, -0.05) is 37.9 Å². The van der Waals surface area contributed by atoms with Crippen LogP contribution in [0.3, 0.4) is 0 Å². The van der Waals surface area contributed by atoms with Gasteiger partial charge in [-0.3, -0.25) is 9.69 Å². The van der Waals surface area contributed by atoms with Crippen molar-refractivity contribution in [2.24, 2.45) is 17.8 Å². The van der Waals surface area contributed by atoms with E-state index < -0.39 is 30.2 Å². The second kappa shape index (κ2) is 11.9. The van der Waals surface area contributed by atoms with Gasteiger partial charge in [-0.15, -0.1) is 0 Å². The van der Waals surface area contributed by atoms with Crippen LogP contribution in [-0.2, 0) is 11.2 Å². The normalized spacial score (nSPS) is 19.2. The van der Waals surface area contributed by atoms with E-state index in [-0.39, 0.29) is 0 Å². The van der Waals surface area contributed by atoms with Crippen LogP contribution in [-0.4, -0.2) is 52.5 Å². The number of nitrogens with zero attached hydrogens (tertiary/aromatic N) is 1. The third-order valence-corrected chi connectivity index (χ3v) is 6.72. The molecule has 0 bridgehead atoms. The molecular weight excluding hydrogens is 461 g/mol. The fourth-order valence-corrected chi connectivity index (χ4v) is 4.35. The minimum absolute atomic E-state index is 0.348. The second-order valence-electron chi connectivity index (χ2n) is 8.90. The number of halogens is 4. The van der Waals surface area contributed by atoms with Gasteiger partial charge in [0, 0.05) is 0 Å². The highest BCUT2D eigenvalue weighted by Crippen LogP contribution is 2.36. The molecule has 2 atom stereocenters. The van der Waals surface area contributed by atoms with Crippen molar-refractivity contribution in [2.75, 3.05) is 18.4 Å². The van der Waals surface area contributed by atoms with Crippen molar-refractivity contribution >= 4 is 29.4 Å². The summed E-state index contributed by atoms with van der Waals surface area (Å²) in [4.78, 5) is 23.3. The Balaban J connectivity index is 0.000000890. The van der Waals surface area contributed by atoms with Crippen molar-refractivity contribution in [3.8, 4) is 0 Å². The number of likely N-dealkylation sites (tertiary alicyclic amines) is 1. The van der Waals surface area contributed by atoms with Crippen LogP contribution in [0.4, 0.5) is 23.7 Å². The van der Waals surface area contributed by atoms with Gasteiger partial charge in [0.05, 0.1) is 16.6 Å². The highest BCUT2D eigenvalue weighted by atomic mass is 35.5. The maximum absolute atomic E-state index is 13.6. The molecule has 1 aliphatic heterocycles. The highest BCUT2D eigenvalue weighted by molar-refractivity contribution is 6.33. The standard InChI is InChI=1S/C22H30ClF3N2O.CH2O3/c1-3-15-8-10-28(11-9-15)20(14(2)22(24,25)26)21(29)27-19-13-17(6-7-18(19)23)12-16-4-5-16;2-1(3)4/h6-7,13-16,20H,3-5,8-12H2,1-2H3,(H,27,29);(H2,2,3,4)/t14-,20-;/m1./s1. The number of piperidine rings is 1. The molecule has 1 aliphatic carbocycles.